The van der Waals surface area contributed by atoms with E-state index < -0.39 is 11.7 Å². The Labute approximate surface area is 236 Å². The van der Waals surface area contributed by atoms with E-state index in [2.05, 4.69) is 10.6 Å². The van der Waals surface area contributed by atoms with Crippen LogP contribution in [0.1, 0.15) is 52.7 Å². The number of carbonyl (C=O) groups is 2. The van der Waals surface area contributed by atoms with Gasteiger partial charge in [-0.05, 0) is 75.0 Å². The number of piperidine rings is 1. The van der Waals surface area contributed by atoms with E-state index in [-0.39, 0.29) is 18.4 Å². The molecule has 0 aromatic heterocycles. The van der Waals surface area contributed by atoms with Gasteiger partial charge in [0.15, 0.2) is 0 Å². The first-order chi connectivity index (χ1) is 19.3. The van der Waals surface area contributed by atoms with E-state index in [4.69, 9.17) is 9.84 Å². The van der Waals surface area contributed by atoms with Gasteiger partial charge in [0.2, 0.25) is 0 Å². The summed E-state index contributed by atoms with van der Waals surface area (Å²) in [5, 5.41) is 27.0. The van der Waals surface area contributed by atoms with E-state index in [1.165, 1.54) is 0 Å². The highest BCUT2D eigenvalue weighted by molar-refractivity contribution is 5.94. The summed E-state index contributed by atoms with van der Waals surface area (Å²) in [5.74, 6) is 0.932. The Morgan fingerprint density at radius 1 is 1.02 bits per heavy atom. The van der Waals surface area contributed by atoms with Crippen molar-refractivity contribution in [1.82, 2.24) is 15.5 Å². The van der Waals surface area contributed by atoms with Gasteiger partial charge in [-0.1, -0.05) is 48.5 Å². The van der Waals surface area contributed by atoms with E-state index in [0.717, 1.165) is 30.5 Å². The third-order valence-electron chi connectivity index (χ3n) is 7.64. The molecule has 1 fully saturated rings. The molecule has 8 heteroatoms. The highest BCUT2D eigenvalue weighted by Crippen LogP contribution is 2.44. The van der Waals surface area contributed by atoms with Gasteiger partial charge in [-0.2, -0.15) is 0 Å². The first-order valence-electron chi connectivity index (χ1n) is 13.9. The van der Waals surface area contributed by atoms with Crippen molar-refractivity contribution in [3.8, 4) is 11.5 Å². The molecule has 4 rings (SSSR count). The van der Waals surface area contributed by atoms with Gasteiger partial charge in [0.1, 0.15) is 11.5 Å². The molecule has 0 spiro atoms. The van der Waals surface area contributed by atoms with Crippen LogP contribution in [0.3, 0.4) is 0 Å². The van der Waals surface area contributed by atoms with Gasteiger partial charge < -0.3 is 30.5 Å². The first-order valence-corrected chi connectivity index (χ1v) is 13.9. The van der Waals surface area contributed by atoms with E-state index in [1.807, 2.05) is 91.7 Å². The van der Waals surface area contributed by atoms with Crippen LogP contribution in [-0.4, -0.2) is 53.8 Å². The fraction of sp³-hybridized carbons (Fsp3) is 0.375. The van der Waals surface area contributed by atoms with Crippen LogP contribution in [0.25, 0.3) is 0 Å². The molecule has 0 radical (unpaired) electrons. The summed E-state index contributed by atoms with van der Waals surface area (Å²) in [6.07, 6.45) is 1.13. The van der Waals surface area contributed by atoms with Crippen LogP contribution >= 0.6 is 0 Å². The SMILES string of the molecule is CNCc1ccc(C(=O)N2CCCC(C(O)(CCCNC(=O)O)c3ccccc3Oc3ccccc3C)C2)cc1. The summed E-state index contributed by atoms with van der Waals surface area (Å²) in [7, 11) is 1.88. The lowest BCUT2D eigenvalue weighted by molar-refractivity contribution is -0.0578. The fourth-order valence-corrected chi connectivity index (χ4v) is 5.52. The molecule has 2 atom stereocenters. The van der Waals surface area contributed by atoms with Crippen molar-refractivity contribution in [2.45, 2.75) is 44.8 Å². The standard InChI is InChI=1S/C32H39N3O5/c1-23-9-3-5-12-28(23)40-29-13-6-4-11-27(29)32(39,18-8-19-34-31(37)38)26-10-7-20-35(22-26)30(36)25-16-14-24(15-17-25)21-33-2/h3-6,9,11-17,26,33-34,39H,7-8,10,18-22H2,1-2H3,(H,37,38). The van der Waals surface area contributed by atoms with E-state index in [1.54, 1.807) is 0 Å². The molecule has 8 nitrogen and oxygen atoms in total. The summed E-state index contributed by atoms with van der Waals surface area (Å²) >= 11 is 0. The number of carboxylic acid groups (broad SMARTS) is 1. The van der Waals surface area contributed by atoms with Crippen molar-refractivity contribution in [2.24, 2.45) is 5.92 Å². The Morgan fingerprint density at radius 3 is 2.42 bits per heavy atom. The van der Waals surface area contributed by atoms with Crippen LogP contribution in [-0.2, 0) is 12.1 Å². The minimum absolute atomic E-state index is 0.0555. The average molecular weight is 546 g/mol. The molecule has 0 bridgehead atoms. The summed E-state index contributed by atoms with van der Waals surface area (Å²) in [4.78, 5) is 26.4. The number of carbonyl (C=O) groups excluding carboxylic acids is 1. The Bertz CT molecular complexity index is 1300. The second-order valence-electron chi connectivity index (χ2n) is 10.4. The van der Waals surface area contributed by atoms with Crippen molar-refractivity contribution in [3.05, 3.63) is 95.1 Å². The molecular formula is C32H39N3O5. The maximum Gasteiger partial charge on any atom is 0.404 e. The average Bonchev–Trinajstić information content (AvgIpc) is 2.97. The van der Waals surface area contributed by atoms with Crippen LogP contribution < -0.4 is 15.4 Å². The molecule has 1 aliphatic heterocycles. The fourth-order valence-electron chi connectivity index (χ4n) is 5.52. The molecule has 1 heterocycles. The third kappa shape index (κ3) is 7.00. The molecular weight excluding hydrogens is 506 g/mol. The number of hydrogen-bond acceptors (Lipinski definition) is 5. The summed E-state index contributed by atoms with van der Waals surface area (Å²) < 4.78 is 6.34. The minimum Gasteiger partial charge on any atom is -0.465 e. The van der Waals surface area contributed by atoms with Crippen LogP contribution in [0, 0.1) is 12.8 Å². The largest absolute Gasteiger partial charge is 0.465 e. The van der Waals surface area contributed by atoms with Gasteiger partial charge in [-0.25, -0.2) is 4.79 Å². The number of rotatable bonds is 11. The number of benzene rings is 3. The molecule has 0 aliphatic carbocycles. The van der Waals surface area contributed by atoms with Gasteiger partial charge in [0.05, 0.1) is 5.60 Å². The molecule has 0 saturated carbocycles. The summed E-state index contributed by atoms with van der Waals surface area (Å²) in [5.41, 5.74) is 2.00. The maximum absolute atomic E-state index is 13.5. The van der Waals surface area contributed by atoms with Gasteiger partial charge in [0.25, 0.3) is 5.91 Å². The molecule has 2 unspecified atom stereocenters. The second kappa shape index (κ2) is 13.5. The number of aliphatic hydroxyl groups is 1. The zero-order chi connectivity index (χ0) is 28.5. The predicted molar refractivity (Wildman–Crippen MR) is 155 cm³/mol. The van der Waals surface area contributed by atoms with Crippen LogP contribution in [0.15, 0.2) is 72.8 Å². The Hall–Kier alpha value is -3.88. The highest BCUT2D eigenvalue weighted by atomic mass is 16.5. The summed E-state index contributed by atoms with van der Waals surface area (Å²) in [6, 6.07) is 22.8. The number of hydrogen-bond donors (Lipinski definition) is 4. The minimum atomic E-state index is -1.34. The third-order valence-corrected chi connectivity index (χ3v) is 7.64. The zero-order valence-electron chi connectivity index (χ0n) is 23.2. The summed E-state index contributed by atoms with van der Waals surface area (Å²) in [6.45, 7) is 3.92. The topological polar surface area (TPSA) is 111 Å². The predicted octanol–water partition coefficient (Wildman–Crippen LogP) is 5.29. The lowest BCUT2D eigenvalue weighted by atomic mass is 9.74. The number of aryl methyl sites for hydroxylation is 1. The van der Waals surface area contributed by atoms with Crippen molar-refractivity contribution < 1.29 is 24.5 Å². The normalized spacial score (nSPS) is 16.7. The van der Waals surface area contributed by atoms with E-state index in [0.29, 0.717) is 48.6 Å². The number of amides is 2. The Morgan fingerprint density at radius 2 is 1.73 bits per heavy atom. The van der Waals surface area contributed by atoms with E-state index >= 15 is 0 Å². The smallest absolute Gasteiger partial charge is 0.404 e. The van der Waals surface area contributed by atoms with Crippen molar-refractivity contribution in [3.63, 3.8) is 0 Å². The molecule has 1 aliphatic rings. The highest BCUT2D eigenvalue weighted by Gasteiger charge is 2.43. The Balaban J connectivity index is 1.62. The van der Waals surface area contributed by atoms with Crippen molar-refractivity contribution in [2.75, 3.05) is 26.7 Å². The number of ether oxygens (including phenoxy) is 1. The van der Waals surface area contributed by atoms with Gasteiger partial charge in [-0.15, -0.1) is 0 Å². The molecule has 3 aromatic carbocycles. The monoisotopic (exact) mass is 545 g/mol. The quantitative estimate of drug-likeness (QED) is 0.244. The zero-order valence-corrected chi connectivity index (χ0v) is 23.2. The lowest BCUT2D eigenvalue weighted by Gasteiger charge is -2.43. The number of nitrogens with zero attached hydrogens (tertiary/aromatic N) is 1. The number of para-hydroxylation sites is 2. The van der Waals surface area contributed by atoms with Crippen LogP contribution in [0.2, 0.25) is 0 Å². The first kappa shape index (κ1) is 29.1. The van der Waals surface area contributed by atoms with Crippen LogP contribution in [0.5, 0.6) is 11.5 Å². The Kier molecular flexibility index (Phi) is 9.79. The van der Waals surface area contributed by atoms with Gasteiger partial charge in [0, 0.05) is 43.2 Å². The van der Waals surface area contributed by atoms with Crippen molar-refractivity contribution in [1.29, 1.82) is 0 Å². The number of nitrogens with one attached hydrogen (secondary N) is 2. The second-order valence-corrected chi connectivity index (χ2v) is 10.4. The number of likely N-dealkylation sites (tertiary alicyclic amines) is 1. The van der Waals surface area contributed by atoms with Gasteiger partial charge >= 0.3 is 6.09 Å². The molecule has 1 saturated heterocycles. The molecule has 4 N–H and O–H groups in total. The molecule has 2 amide bonds. The van der Waals surface area contributed by atoms with Gasteiger partial charge in [-0.3, -0.25) is 4.79 Å². The van der Waals surface area contributed by atoms with Crippen molar-refractivity contribution >= 4 is 12.0 Å². The molecule has 40 heavy (non-hydrogen) atoms. The molecule has 212 valence electrons. The van der Waals surface area contributed by atoms with Crippen LogP contribution in [0.4, 0.5) is 4.79 Å². The van der Waals surface area contributed by atoms with E-state index in [9.17, 15) is 14.7 Å². The maximum atomic E-state index is 13.5. The molecule has 3 aromatic rings. The lowest BCUT2D eigenvalue weighted by Crippen LogP contribution is -2.48.